The lowest BCUT2D eigenvalue weighted by Crippen LogP contribution is -2.43. The Hall–Kier alpha value is -3.30. The van der Waals surface area contributed by atoms with Crippen LogP contribution < -0.4 is 16.6 Å². The van der Waals surface area contributed by atoms with E-state index in [0.29, 0.717) is 25.2 Å². The van der Waals surface area contributed by atoms with Gasteiger partial charge in [-0.3, -0.25) is 14.2 Å². The zero-order valence-electron chi connectivity index (χ0n) is 16.8. The molecule has 3 aromatic rings. The maximum atomic E-state index is 13.4. The highest BCUT2D eigenvalue weighted by Crippen LogP contribution is 2.13. The van der Waals surface area contributed by atoms with Crippen molar-refractivity contribution in [3.05, 3.63) is 57.0 Å². The lowest BCUT2D eigenvalue weighted by atomic mass is 10.3. The molecule has 3 rings (SSSR count). The fourth-order valence-corrected chi connectivity index (χ4v) is 3.22. The van der Waals surface area contributed by atoms with Gasteiger partial charge in [-0.1, -0.05) is 20.3 Å². The van der Waals surface area contributed by atoms with Crippen molar-refractivity contribution in [2.75, 3.05) is 5.32 Å². The van der Waals surface area contributed by atoms with E-state index in [-0.39, 0.29) is 11.2 Å². The van der Waals surface area contributed by atoms with Crippen molar-refractivity contribution in [1.82, 2.24) is 18.7 Å². The molecule has 0 aliphatic heterocycles. The molecule has 0 spiro atoms. The number of carbonyl (C=O) groups is 1. The maximum Gasteiger partial charge on any atom is 0.333 e. The van der Waals surface area contributed by atoms with Crippen LogP contribution in [0.25, 0.3) is 11.2 Å². The molecule has 1 aromatic carbocycles. The van der Waals surface area contributed by atoms with Crippen molar-refractivity contribution in [2.45, 2.75) is 52.7 Å². The Morgan fingerprint density at radius 3 is 2.50 bits per heavy atom. The van der Waals surface area contributed by atoms with Crippen molar-refractivity contribution in [3.8, 4) is 0 Å². The number of aromatic nitrogens is 4. The number of hydrogen-bond donors (Lipinski definition) is 1. The summed E-state index contributed by atoms with van der Waals surface area (Å²) in [5.41, 5.74) is -0.681. The molecule has 1 N–H and O–H groups in total. The van der Waals surface area contributed by atoms with E-state index in [2.05, 4.69) is 10.3 Å². The fraction of sp³-hybridized carbons (Fsp3) is 0.400. The normalized spacial score (nSPS) is 11.2. The molecule has 0 saturated heterocycles. The van der Waals surface area contributed by atoms with Crippen LogP contribution >= 0.6 is 0 Å². The number of carbonyl (C=O) groups excluding carboxylic acids is 1. The first kappa shape index (κ1) is 21.4. The molecule has 10 heteroatoms. The van der Waals surface area contributed by atoms with E-state index in [1.54, 1.807) is 4.57 Å². The van der Waals surface area contributed by atoms with Crippen molar-refractivity contribution >= 4 is 22.8 Å². The van der Waals surface area contributed by atoms with E-state index < -0.39 is 35.3 Å². The highest BCUT2D eigenvalue weighted by molar-refractivity contribution is 5.90. The molecule has 30 heavy (non-hydrogen) atoms. The Bertz CT molecular complexity index is 1200. The SMILES string of the molecule is CCCCn1cnc2c1c(=O)n(CC(=O)Nc1ccc(F)c(F)c1)c(=O)n2CCC. The third kappa shape index (κ3) is 4.17. The van der Waals surface area contributed by atoms with E-state index in [1.165, 1.54) is 17.0 Å². The van der Waals surface area contributed by atoms with Gasteiger partial charge >= 0.3 is 5.69 Å². The Balaban J connectivity index is 2.01. The monoisotopic (exact) mass is 419 g/mol. The van der Waals surface area contributed by atoms with Crippen molar-refractivity contribution in [1.29, 1.82) is 0 Å². The largest absolute Gasteiger partial charge is 0.333 e. The van der Waals surface area contributed by atoms with E-state index in [9.17, 15) is 23.2 Å². The summed E-state index contributed by atoms with van der Waals surface area (Å²) in [6.07, 6.45) is 3.91. The van der Waals surface area contributed by atoms with Crippen LogP contribution in [0.2, 0.25) is 0 Å². The molecule has 8 nitrogen and oxygen atoms in total. The lowest BCUT2D eigenvalue weighted by Gasteiger charge is -2.12. The first-order valence-corrected chi connectivity index (χ1v) is 9.80. The number of benzene rings is 1. The summed E-state index contributed by atoms with van der Waals surface area (Å²) in [5.74, 6) is -2.86. The number of halogens is 2. The number of anilines is 1. The van der Waals surface area contributed by atoms with Gasteiger partial charge < -0.3 is 9.88 Å². The second-order valence-corrected chi connectivity index (χ2v) is 6.97. The third-order valence-electron chi connectivity index (χ3n) is 4.69. The second-order valence-electron chi connectivity index (χ2n) is 6.97. The van der Waals surface area contributed by atoms with E-state index >= 15 is 0 Å². The first-order valence-electron chi connectivity index (χ1n) is 9.80. The van der Waals surface area contributed by atoms with E-state index in [4.69, 9.17) is 0 Å². The lowest BCUT2D eigenvalue weighted by molar-refractivity contribution is -0.116. The Kier molecular flexibility index (Phi) is 6.43. The number of aryl methyl sites for hydroxylation is 2. The van der Waals surface area contributed by atoms with Crippen LogP contribution in [0.3, 0.4) is 0 Å². The van der Waals surface area contributed by atoms with Crippen LogP contribution in [0.1, 0.15) is 33.1 Å². The predicted molar refractivity (Wildman–Crippen MR) is 108 cm³/mol. The van der Waals surface area contributed by atoms with E-state index in [0.717, 1.165) is 29.5 Å². The number of amides is 1. The fourth-order valence-electron chi connectivity index (χ4n) is 3.22. The molecule has 0 unspecified atom stereocenters. The van der Waals surface area contributed by atoms with Gasteiger partial charge in [0.15, 0.2) is 22.8 Å². The van der Waals surface area contributed by atoms with Gasteiger partial charge in [0.25, 0.3) is 5.56 Å². The van der Waals surface area contributed by atoms with Crippen molar-refractivity contribution in [2.24, 2.45) is 0 Å². The highest BCUT2D eigenvalue weighted by atomic mass is 19.2. The predicted octanol–water partition coefficient (Wildman–Crippen LogP) is 2.49. The molecule has 0 fully saturated rings. The molecule has 1 amide bonds. The number of nitrogens with zero attached hydrogens (tertiary/aromatic N) is 4. The molecule has 2 heterocycles. The number of nitrogens with one attached hydrogen (secondary N) is 1. The first-order chi connectivity index (χ1) is 14.4. The molecule has 160 valence electrons. The molecule has 0 aliphatic rings. The summed E-state index contributed by atoms with van der Waals surface area (Å²) in [5, 5.41) is 2.38. The summed E-state index contributed by atoms with van der Waals surface area (Å²) < 4.78 is 30.3. The number of imidazole rings is 1. The average molecular weight is 419 g/mol. The van der Waals surface area contributed by atoms with Crippen molar-refractivity contribution in [3.63, 3.8) is 0 Å². The standard InChI is InChI=1S/C20H23F2N5O3/c1-3-5-9-25-12-23-18-17(25)19(29)27(20(30)26(18)8-4-2)11-16(28)24-13-6-7-14(21)15(22)10-13/h6-7,10,12H,3-5,8-9,11H2,1-2H3,(H,24,28). The van der Waals surface area contributed by atoms with Gasteiger partial charge in [0, 0.05) is 24.8 Å². The van der Waals surface area contributed by atoms with Gasteiger partial charge in [-0.25, -0.2) is 23.1 Å². The summed E-state index contributed by atoms with van der Waals surface area (Å²) in [4.78, 5) is 42.6. The summed E-state index contributed by atoms with van der Waals surface area (Å²) in [6, 6.07) is 2.90. The van der Waals surface area contributed by atoms with Gasteiger partial charge in [0.05, 0.1) is 6.33 Å². The Morgan fingerprint density at radius 1 is 1.07 bits per heavy atom. The molecular weight excluding hydrogens is 396 g/mol. The van der Waals surface area contributed by atoms with Crippen LogP contribution in [0, 0.1) is 11.6 Å². The van der Waals surface area contributed by atoms with Crippen LogP contribution in [0.5, 0.6) is 0 Å². The van der Waals surface area contributed by atoms with Crippen molar-refractivity contribution < 1.29 is 13.6 Å². The van der Waals surface area contributed by atoms with Gasteiger partial charge in [-0.05, 0) is 25.0 Å². The Labute approximate surface area is 170 Å². The minimum absolute atomic E-state index is 0.0231. The topological polar surface area (TPSA) is 90.9 Å². The second kappa shape index (κ2) is 9.02. The minimum Gasteiger partial charge on any atom is -0.325 e. The number of unbranched alkanes of at least 4 members (excludes halogenated alkanes) is 1. The molecule has 0 atom stereocenters. The summed E-state index contributed by atoms with van der Waals surface area (Å²) >= 11 is 0. The van der Waals surface area contributed by atoms with Crippen LogP contribution in [-0.4, -0.2) is 24.6 Å². The quantitative estimate of drug-likeness (QED) is 0.607. The molecule has 0 saturated carbocycles. The molecule has 0 radical (unpaired) electrons. The Morgan fingerprint density at radius 2 is 1.83 bits per heavy atom. The minimum atomic E-state index is -1.11. The third-order valence-corrected chi connectivity index (χ3v) is 4.69. The molecule has 2 aromatic heterocycles. The zero-order chi connectivity index (χ0) is 21.8. The van der Waals surface area contributed by atoms with Gasteiger partial charge in [-0.15, -0.1) is 0 Å². The smallest absolute Gasteiger partial charge is 0.325 e. The molecular formula is C20H23F2N5O3. The highest BCUT2D eigenvalue weighted by Gasteiger charge is 2.19. The maximum absolute atomic E-state index is 13.4. The van der Waals surface area contributed by atoms with Gasteiger partial charge in [-0.2, -0.15) is 0 Å². The van der Waals surface area contributed by atoms with Gasteiger partial charge in [0.1, 0.15) is 6.54 Å². The van der Waals surface area contributed by atoms with E-state index in [1.807, 2.05) is 13.8 Å². The van der Waals surface area contributed by atoms with Crippen LogP contribution in [-0.2, 0) is 24.4 Å². The number of hydrogen-bond acceptors (Lipinski definition) is 4. The van der Waals surface area contributed by atoms with Gasteiger partial charge in [0.2, 0.25) is 5.91 Å². The van der Waals surface area contributed by atoms with Crippen LogP contribution in [0.4, 0.5) is 14.5 Å². The summed E-state index contributed by atoms with van der Waals surface area (Å²) in [6.45, 7) is 4.25. The average Bonchev–Trinajstić information content (AvgIpc) is 3.13. The number of fused-ring (bicyclic) bond motifs is 1. The molecule has 0 bridgehead atoms. The molecule has 0 aliphatic carbocycles. The number of rotatable bonds is 8. The van der Waals surface area contributed by atoms with Crippen LogP contribution in [0.15, 0.2) is 34.1 Å². The zero-order valence-corrected chi connectivity index (χ0v) is 16.8. The summed E-state index contributed by atoms with van der Waals surface area (Å²) in [7, 11) is 0.